The molecule has 0 spiro atoms. The Balaban J connectivity index is 3.05. The molecule has 0 fully saturated rings. The van der Waals surface area contributed by atoms with Crippen molar-refractivity contribution >= 4 is 43.2 Å². The molecule has 1 heterocycles. The maximum Gasteiger partial charge on any atom is 0.0865 e. The fraction of sp³-hybridized carbons (Fsp3) is 0.333. The third-order valence-electron chi connectivity index (χ3n) is 1.09. The lowest BCUT2D eigenvalue weighted by Crippen LogP contribution is -1.85. The predicted molar refractivity (Wildman–Crippen MR) is 50.4 cm³/mol. The standard InChI is InChI=1S/C6H6Br2OS/c1-3(9)6-5(8)4(7)2-10-6/h2-3,9H,1H3. The fourth-order valence-electron chi connectivity index (χ4n) is 0.618. The van der Waals surface area contributed by atoms with Crippen LogP contribution in [0.25, 0.3) is 0 Å². The number of aliphatic hydroxyl groups excluding tert-OH is 1. The van der Waals surface area contributed by atoms with E-state index in [-0.39, 0.29) is 6.10 Å². The smallest absolute Gasteiger partial charge is 0.0865 e. The lowest BCUT2D eigenvalue weighted by Gasteiger charge is -1.99. The van der Waals surface area contributed by atoms with Crippen molar-refractivity contribution in [3.63, 3.8) is 0 Å². The molecule has 0 aliphatic carbocycles. The van der Waals surface area contributed by atoms with Crippen molar-refractivity contribution in [1.29, 1.82) is 0 Å². The van der Waals surface area contributed by atoms with Gasteiger partial charge in [-0.2, -0.15) is 0 Å². The van der Waals surface area contributed by atoms with E-state index in [0.717, 1.165) is 13.8 Å². The van der Waals surface area contributed by atoms with Gasteiger partial charge in [-0.25, -0.2) is 0 Å². The molecule has 1 atom stereocenters. The number of halogens is 2. The highest BCUT2D eigenvalue weighted by Gasteiger charge is 2.10. The van der Waals surface area contributed by atoms with Gasteiger partial charge >= 0.3 is 0 Å². The lowest BCUT2D eigenvalue weighted by molar-refractivity contribution is 0.202. The van der Waals surface area contributed by atoms with Gasteiger partial charge in [0, 0.05) is 19.2 Å². The number of thiophene rings is 1. The average molecular weight is 286 g/mol. The summed E-state index contributed by atoms with van der Waals surface area (Å²) in [6, 6.07) is 0. The van der Waals surface area contributed by atoms with E-state index in [1.807, 2.05) is 5.38 Å². The van der Waals surface area contributed by atoms with Gasteiger partial charge in [-0.05, 0) is 38.8 Å². The molecule has 0 aromatic carbocycles. The van der Waals surface area contributed by atoms with Gasteiger partial charge in [0.25, 0.3) is 0 Å². The summed E-state index contributed by atoms with van der Waals surface area (Å²) in [5, 5.41) is 11.1. The normalized spacial score (nSPS) is 13.6. The Morgan fingerprint density at radius 1 is 1.60 bits per heavy atom. The molecule has 1 unspecified atom stereocenters. The van der Waals surface area contributed by atoms with Crippen LogP contribution in [0.5, 0.6) is 0 Å². The first-order valence-electron chi connectivity index (χ1n) is 2.73. The Morgan fingerprint density at radius 3 is 2.40 bits per heavy atom. The van der Waals surface area contributed by atoms with E-state index in [4.69, 9.17) is 0 Å². The van der Waals surface area contributed by atoms with Crippen molar-refractivity contribution in [3.8, 4) is 0 Å². The van der Waals surface area contributed by atoms with Gasteiger partial charge in [-0.1, -0.05) is 0 Å². The summed E-state index contributed by atoms with van der Waals surface area (Å²) in [6.45, 7) is 1.75. The topological polar surface area (TPSA) is 20.2 Å². The van der Waals surface area contributed by atoms with Crippen molar-refractivity contribution < 1.29 is 5.11 Å². The molecule has 0 radical (unpaired) electrons. The van der Waals surface area contributed by atoms with E-state index in [1.54, 1.807) is 18.3 Å². The van der Waals surface area contributed by atoms with E-state index in [2.05, 4.69) is 31.9 Å². The molecule has 10 heavy (non-hydrogen) atoms. The average Bonchev–Trinajstić information content (AvgIpc) is 2.14. The zero-order valence-corrected chi connectivity index (χ0v) is 9.25. The lowest BCUT2D eigenvalue weighted by atomic mass is 10.3. The minimum Gasteiger partial charge on any atom is -0.388 e. The van der Waals surface area contributed by atoms with E-state index in [1.165, 1.54) is 0 Å². The Hall–Kier alpha value is 0.620. The van der Waals surface area contributed by atoms with Crippen molar-refractivity contribution in [3.05, 3.63) is 19.2 Å². The molecule has 4 heteroatoms. The van der Waals surface area contributed by atoms with Crippen molar-refractivity contribution in [2.75, 3.05) is 0 Å². The van der Waals surface area contributed by atoms with Crippen LogP contribution < -0.4 is 0 Å². The Morgan fingerprint density at radius 2 is 2.20 bits per heavy atom. The first kappa shape index (κ1) is 8.71. The van der Waals surface area contributed by atoms with Crippen LogP contribution >= 0.6 is 43.2 Å². The van der Waals surface area contributed by atoms with Crippen LogP contribution in [0, 0.1) is 0 Å². The molecule has 1 N–H and O–H groups in total. The Bertz CT molecular complexity index is 232. The van der Waals surface area contributed by atoms with Gasteiger partial charge in [-0.3, -0.25) is 0 Å². The summed E-state index contributed by atoms with van der Waals surface area (Å²) in [5.74, 6) is 0. The molecule has 0 aliphatic rings. The summed E-state index contributed by atoms with van der Waals surface area (Å²) < 4.78 is 1.97. The Kier molecular flexibility index (Phi) is 2.91. The van der Waals surface area contributed by atoms with E-state index < -0.39 is 0 Å². The van der Waals surface area contributed by atoms with Crippen LogP contribution in [0.3, 0.4) is 0 Å². The highest BCUT2D eigenvalue weighted by Crippen LogP contribution is 2.36. The van der Waals surface area contributed by atoms with Crippen LogP contribution in [0.15, 0.2) is 14.3 Å². The summed E-state index contributed by atoms with van der Waals surface area (Å²) in [6.07, 6.45) is -0.384. The fourth-order valence-corrected chi connectivity index (χ4v) is 2.88. The second-order valence-electron chi connectivity index (χ2n) is 1.94. The Labute approximate surface area is 80.3 Å². The monoisotopic (exact) mass is 284 g/mol. The zero-order chi connectivity index (χ0) is 7.72. The maximum atomic E-state index is 9.18. The van der Waals surface area contributed by atoms with Gasteiger partial charge in [0.15, 0.2) is 0 Å². The molecule has 0 saturated carbocycles. The largest absolute Gasteiger partial charge is 0.388 e. The number of hydrogen-bond donors (Lipinski definition) is 1. The third-order valence-corrected chi connectivity index (χ3v) is 4.82. The van der Waals surface area contributed by atoms with Crippen LogP contribution in [0.4, 0.5) is 0 Å². The zero-order valence-electron chi connectivity index (χ0n) is 5.27. The van der Waals surface area contributed by atoms with Gasteiger partial charge in [0.1, 0.15) is 0 Å². The van der Waals surface area contributed by atoms with Crippen LogP contribution in [0.1, 0.15) is 17.9 Å². The second kappa shape index (κ2) is 3.34. The molecule has 0 saturated heterocycles. The molecular weight excluding hydrogens is 280 g/mol. The molecule has 0 bridgehead atoms. The van der Waals surface area contributed by atoms with Crippen molar-refractivity contribution in [2.24, 2.45) is 0 Å². The molecule has 1 aromatic rings. The van der Waals surface area contributed by atoms with Gasteiger partial charge < -0.3 is 5.11 Å². The van der Waals surface area contributed by atoms with Gasteiger partial charge in [0.2, 0.25) is 0 Å². The van der Waals surface area contributed by atoms with Crippen molar-refractivity contribution in [1.82, 2.24) is 0 Å². The summed E-state index contributed by atoms with van der Waals surface area (Å²) >= 11 is 8.23. The van der Waals surface area contributed by atoms with Gasteiger partial charge in [0.05, 0.1) is 6.10 Å². The molecule has 0 amide bonds. The third kappa shape index (κ3) is 1.61. The minimum atomic E-state index is -0.384. The molecule has 56 valence electrons. The predicted octanol–water partition coefficient (Wildman–Crippen LogP) is 3.33. The van der Waals surface area contributed by atoms with Crippen LogP contribution in [0.2, 0.25) is 0 Å². The molecule has 1 aromatic heterocycles. The van der Waals surface area contributed by atoms with E-state index in [0.29, 0.717) is 0 Å². The molecule has 1 nitrogen and oxygen atoms in total. The van der Waals surface area contributed by atoms with E-state index >= 15 is 0 Å². The van der Waals surface area contributed by atoms with Crippen LogP contribution in [-0.2, 0) is 0 Å². The molecule has 1 rings (SSSR count). The molecular formula is C6H6Br2OS. The SMILES string of the molecule is CC(O)c1scc(Br)c1Br. The number of aliphatic hydroxyl groups is 1. The maximum absolute atomic E-state index is 9.18. The quantitative estimate of drug-likeness (QED) is 0.839. The highest BCUT2D eigenvalue weighted by atomic mass is 79.9. The number of hydrogen-bond acceptors (Lipinski definition) is 2. The first-order chi connectivity index (χ1) is 4.63. The summed E-state index contributed by atoms with van der Waals surface area (Å²) in [5.41, 5.74) is 0. The van der Waals surface area contributed by atoms with E-state index in [9.17, 15) is 5.11 Å². The summed E-state index contributed by atoms with van der Waals surface area (Å²) in [4.78, 5) is 0.965. The highest BCUT2D eigenvalue weighted by molar-refractivity contribution is 9.13. The summed E-state index contributed by atoms with van der Waals surface area (Å²) in [7, 11) is 0. The minimum absolute atomic E-state index is 0.384. The molecule has 0 aliphatic heterocycles. The van der Waals surface area contributed by atoms with Crippen LogP contribution in [-0.4, -0.2) is 5.11 Å². The first-order valence-corrected chi connectivity index (χ1v) is 5.20. The van der Waals surface area contributed by atoms with Crippen molar-refractivity contribution in [2.45, 2.75) is 13.0 Å². The van der Waals surface area contributed by atoms with Gasteiger partial charge in [-0.15, -0.1) is 11.3 Å². The number of rotatable bonds is 1. The second-order valence-corrected chi connectivity index (χ2v) is 4.50.